The summed E-state index contributed by atoms with van der Waals surface area (Å²) in [5.74, 6) is -0.223. The molecule has 0 aromatic heterocycles. The first-order valence-electron chi connectivity index (χ1n) is 4.07. The Kier molecular flexibility index (Phi) is 7.57. The molecule has 0 fully saturated rings. The molecule has 0 aromatic carbocycles. The van der Waals surface area contributed by atoms with Gasteiger partial charge in [-0.05, 0) is 0 Å². The first-order chi connectivity index (χ1) is 6.24. The summed E-state index contributed by atoms with van der Waals surface area (Å²) in [4.78, 5) is 10.7. The van der Waals surface area contributed by atoms with Crippen LogP contribution in [0.5, 0.6) is 0 Å². The minimum atomic E-state index is -0.266. The Morgan fingerprint density at radius 2 is 1.92 bits per heavy atom. The van der Waals surface area contributed by atoms with Crippen molar-refractivity contribution >= 4 is 5.97 Å². The number of hydrogen-bond donors (Lipinski definition) is 1. The van der Waals surface area contributed by atoms with Gasteiger partial charge in [0.25, 0.3) is 0 Å². The molecule has 5 heteroatoms. The summed E-state index contributed by atoms with van der Waals surface area (Å²) >= 11 is 0. The number of hydrogen-bond acceptors (Lipinski definition) is 5. The van der Waals surface area contributed by atoms with Gasteiger partial charge in [0.15, 0.2) is 6.29 Å². The van der Waals surface area contributed by atoms with Gasteiger partial charge in [-0.15, -0.1) is 0 Å². The van der Waals surface area contributed by atoms with Gasteiger partial charge < -0.3 is 19.5 Å². The maximum atomic E-state index is 10.7. The zero-order valence-corrected chi connectivity index (χ0v) is 8.33. The number of carbonyl (C=O) groups excluding carboxylic acids is 1. The van der Waals surface area contributed by atoms with Crippen molar-refractivity contribution in [2.45, 2.75) is 12.7 Å². The average molecular weight is 191 g/mol. The quantitative estimate of drug-likeness (QED) is 0.342. The Hall–Kier alpha value is -0.650. The van der Waals surface area contributed by atoms with Gasteiger partial charge in [-0.25, -0.2) is 0 Å². The molecular formula is C8H17NO4. The van der Waals surface area contributed by atoms with E-state index in [0.29, 0.717) is 19.5 Å². The third kappa shape index (κ3) is 6.51. The number of nitrogens with one attached hydrogen (secondary N) is 1. The minimum absolute atomic E-state index is 0.223. The smallest absolute Gasteiger partial charge is 0.306 e. The van der Waals surface area contributed by atoms with Crippen LogP contribution in [-0.4, -0.2) is 46.7 Å². The van der Waals surface area contributed by atoms with Crippen LogP contribution in [0.3, 0.4) is 0 Å². The molecule has 13 heavy (non-hydrogen) atoms. The monoisotopic (exact) mass is 191 g/mol. The fourth-order valence-corrected chi connectivity index (χ4v) is 0.775. The third-order valence-corrected chi connectivity index (χ3v) is 1.57. The van der Waals surface area contributed by atoms with E-state index < -0.39 is 0 Å². The Morgan fingerprint density at radius 3 is 2.38 bits per heavy atom. The Labute approximate surface area is 78.3 Å². The number of esters is 1. The summed E-state index contributed by atoms with van der Waals surface area (Å²) in [6.07, 6.45) is 0.0917. The van der Waals surface area contributed by atoms with E-state index in [4.69, 9.17) is 9.47 Å². The van der Waals surface area contributed by atoms with Crippen LogP contribution in [0.1, 0.15) is 6.42 Å². The normalized spacial score (nSPS) is 10.5. The molecule has 0 spiro atoms. The SMILES string of the molecule is COC(=O)CCNCC(OC)OC. The molecule has 0 saturated carbocycles. The van der Waals surface area contributed by atoms with Crippen LogP contribution in [0.15, 0.2) is 0 Å². The highest BCUT2D eigenvalue weighted by Gasteiger charge is 2.04. The molecule has 0 rings (SSSR count). The number of carbonyl (C=O) groups is 1. The second-order valence-electron chi connectivity index (χ2n) is 2.43. The Bertz CT molecular complexity index is 136. The predicted molar refractivity (Wildman–Crippen MR) is 47.3 cm³/mol. The molecule has 5 nitrogen and oxygen atoms in total. The topological polar surface area (TPSA) is 56.8 Å². The molecule has 0 aliphatic heterocycles. The van der Waals surface area contributed by atoms with Gasteiger partial charge in [-0.3, -0.25) is 4.79 Å². The first-order valence-corrected chi connectivity index (χ1v) is 4.07. The van der Waals surface area contributed by atoms with Crippen molar-refractivity contribution in [3.8, 4) is 0 Å². The molecule has 1 N–H and O–H groups in total. The van der Waals surface area contributed by atoms with Gasteiger partial charge in [0.1, 0.15) is 0 Å². The second-order valence-corrected chi connectivity index (χ2v) is 2.43. The summed E-state index contributed by atoms with van der Waals surface area (Å²) < 4.78 is 14.3. The van der Waals surface area contributed by atoms with Crippen molar-refractivity contribution in [1.82, 2.24) is 5.32 Å². The van der Waals surface area contributed by atoms with Crippen molar-refractivity contribution in [3.05, 3.63) is 0 Å². The molecule has 0 saturated heterocycles. The van der Waals surface area contributed by atoms with Crippen LogP contribution in [0.4, 0.5) is 0 Å². The molecule has 0 bridgehead atoms. The van der Waals surface area contributed by atoms with Crippen molar-refractivity contribution < 1.29 is 19.0 Å². The first kappa shape index (κ1) is 12.3. The molecule has 0 heterocycles. The van der Waals surface area contributed by atoms with Crippen LogP contribution in [0, 0.1) is 0 Å². The lowest BCUT2D eigenvalue weighted by molar-refractivity contribution is -0.140. The molecule has 0 radical (unpaired) electrons. The standard InChI is InChI=1S/C8H17NO4/c1-11-7(10)4-5-9-6-8(12-2)13-3/h8-9H,4-6H2,1-3H3. The fraction of sp³-hybridized carbons (Fsp3) is 0.875. The molecule has 0 aliphatic rings. The van der Waals surface area contributed by atoms with E-state index in [1.807, 2.05) is 0 Å². The summed E-state index contributed by atoms with van der Waals surface area (Å²) in [6, 6.07) is 0. The van der Waals surface area contributed by atoms with E-state index >= 15 is 0 Å². The van der Waals surface area contributed by atoms with Crippen molar-refractivity contribution in [3.63, 3.8) is 0 Å². The maximum Gasteiger partial charge on any atom is 0.306 e. The van der Waals surface area contributed by atoms with Crippen LogP contribution in [0.2, 0.25) is 0 Å². The summed E-state index contributed by atoms with van der Waals surface area (Å²) in [5, 5.41) is 3.00. The van der Waals surface area contributed by atoms with Crippen molar-refractivity contribution in [1.29, 1.82) is 0 Å². The van der Waals surface area contributed by atoms with Crippen LogP contribution in [0.25, 0.3) is 0 Å². The van der Waals surface area contributed by atoms with E-state index in [-0.39, 0.29) is 12.3 Å². The molecule has 0 unspecified atom stereocenters. The lowest BCUT2D eigenvalue weighted by atomic mass is 10.4. The molecule has 0 aliphatic carbocycles. The van der Waals surface area contributed by atoms with Crippen molar-refractivity contribution in [2.24, 2.45) is 0 Å². The van der Waals surface area contributed by atoms with Crippen LogP contribution in [-0.2, 0) is 19.0 Å². The van der Waals surface area contributed by atoms with E-state index in [2.05, 4.69) is 10.1 Å². The fourth-order valence-electron chi connectivity index (χ4n) is 0.775. The van der Waals surface area contributed by atoms with E-state index in [1.165, 1.54) is 7.11 Å². The average Bonchev–Trinajstić information content (AvgIpc) is 2.18. The third-order valence-electron chi connectivity index (χ3n) is 1.57. The van der Waals surface area contributed by atoms with Gasteiger partial charge in [-0.2, -0.15) is 0 Å². The molecule has 0 aromatic rings. The zero-order valence-electron chi connectivity index (χ0n) is 8.33. The highest BCUT2D eigenvalue weighted by molar-refractivity contribution is 5.69. The summed E-state index contributed by atoms with van der Waals surface area (Å²) in [5.41, 5.74) is 0. The van der Waals surface area contributed by atoms with Gasteiger partial charge in [0.2, 0.25) is 0 Å². The summed E-state index contributed by atoms with van der Waals surface area (Å²) in [7, 11) is 4.50. The largest absolute Gasteiger partial charge is 0.469 e. The number of methoxy groups -OCH3 is 3. The van der Waals surface area contributed by atoms with Crippen LogP contribution >= 0.6 is 0 Å². The Morgan fingerprint density at radius 1 is 1.31 bits per heavy atom. The maximum absolute atomic E-state index is 10.7. The number of rotatable bonds is 7. The van der Waals surface area contributed by atoms with Gasteiger partial charge >= 0.3 is 5.97 Å². The number of ether oxygens (including phenoxy) is 3. The van der Waals surface area contributed by atoms with Gasteiger partial charge in [0, 0.05) is 27.3 Å². The highest BCUT2D eigenvalue weighted by Crippen LogP contribution is 1.88. The predicted octanol–water partition coefficient (Wildman–Crippen LogP) is -0.242. The lowest BCUT2D eigenvalue weighted by Gasteiger charge is -2.13. The molecule has 0 atom stereocenters. The van der Waals surface area contributed by atoms with Gasteiger partial charge in [-0.1, -0.05) is 0 Å². The second kappa shape index (κ2) is 7.97. The van der Waals surface area contributed by atoms with Crippen molar-refractivity contribution in [2.75, 3.05) is 34.4 Å². The summed E-state index contributed by atoms with van der Waals surface area (Å²) in [6.45, 7) is 1.12. The van der Waals surface area contributed by atoms with E-state index in [1.54, 1.807) is 14.2 Å². The Balaban J connectivity index is 3.28. The van der Waals surface area contributed by atoms with E-state index in [0.717, 1.165) is 0 Å². The zero-order chi connectivity index (χ0) is 10.1. The molecular weight excluding hydrogens is 174 g/mol. The van der Waals surface area contributed by atoms with E-state index in [9.17, 15) is 4.79 Å². The molecule has 0 amide bonds. The van der Waals surface area contributed by atoms with Crippen LogP contribution < -0.4 is 5.32 Å². The minimum Gasteiger partial charge on any atom is -0.469 e. The lowest BCUT2D eigenvalue weighted by Crippen LogP contribution is -2.31. The molecule has 78 valence electrons. The highest BCUT2D eigenvalue weighted by atomic mass is 16.7. The van der Waals surface area contributed by atoms with Gasteiger partial charge in [0.05, 0.1) is 13.5 Å².